The molecule has 0 bridgehead atoms. The van der Waals surface area contributed by atoms with Gasteiger partial charge in [-0.2, -0.15) is 0 Å². The Morgan fingerprint density at radius 3 is 2.71 bits per heavy atom. The molecule has 1 rings (SSSR count). The predicted molar refractivity (Wildman–Crippen MR) is 48.5 cm³/mol. The molecule has 14 heavy (non-hydrogen) atoms. The number of aromatic hydroxyl groups is 1. The number of hydrogen-bond donors (Lipinski definition) is 1. The molecule has 0 heterocycles. The maximum Gasteiger partial charge on any atom is 0.312 e. The van der Waals surface area contributed by atoms with E-state index in [2.05, 4.69) is 4.74 Å². The van der Waals surface area contributed by atoms with Crippen molar-refractivity contribution in [1.29, 1.82) is 0 Å². The molecular formula is C10H11FO3. The predicted octanol–water partition coefficient (Wildman–Crippen LogP) is 1.81. The van der Waals surface area contributed by atoms with Crippen molar-refractivity contribution in [1.82, 2.24) is 0 Å². The second-order valence-electron chi connectivity index (χ2n) is 2.95. The van der Waals surface area contributed by atoms with Gasteiger partial charge in [0, 0.05) is 11.6 Å². The Morgan fingerprint density at radius 1 is 1.57 bits per heavy atom. The van der Waals surface area contributed by atoms with Crippen molar-refractivity contribution in [3.05, 3.63) is 29.6 Å². The van der Waals surface area contributed by atoms with Crippen LogP contribution in [0.5, 0.6) is 5.75 Å². The molecule has 0 aromatic heterocycles. The van der Waals surface area contributed by atoms with Crippen LogP contribution in [0.3, 0.4) is 0 Å². The van der Waals surface area contributed by atoms with Crippen molar-refractivity contribution in [3.8, 4) is 5.75 Å². The van der Waals surface area contributed by atoms with Gasteiger partial charge in [-0.25, -0.2) is 4.39 Å². The van der Waals surface area contributed by atoms with Crippen LogP contribution >= 0.6 is 0 Å². The fraction of sp³-hybridized carbons (Fsp3) is 0.300. The molecule has 0 aliphatic heterocycles. The Balaban J connectivity index is 3.01. The lowest BCUT2D eigenvalue weighted by molar-refractivity contribution is -0.142. The van der Waals surface area contributed by atoms with Crippen LogP contribution in [0.4, 0.5) is 4.39 Å². The van der Waals surface area contributed by atoms with E-state index < -0.39 is 17.7 Å². The molecular weight excluding hydrogens is 187 g/mol. The lowest BCUT2D eigenvalue weighted by Gasteiger charge is -2.10. The molecule has 0 fully saturated rings. The van der Waals surface area contributed by atoms with Gasteiger partial charge in [0.2, 0.25) is 0 Å². The molecule has 1 aromatic carbocycles. The van der Waals surface area contributed by atoms with E-state index in [-0.39, 0.29) is 11.3 Å². The molecule has 0 aliphatic rings. The van der Waals surface area contributed by atoms with Gasteiger partial charge < -0.3 is 9.84 Å². The van der Waals surface area contributed by atoms with E-state index >= 15 is 0 Å². The summed E-state index contributed by atoms with van der Waals surface area (Å²) >= 11 is 0. The Kier molecular flexibility index (Phi) is 3.06. The highest BCUT2D eigenvalue weighted by Crippen LogP contribution is 2.23. The number of rotatable bonds is 2. The number of hydrogen-bond acceptors (Lipinski definition) is 3. The van der Waals surface area contributed by atoms with Crippen molar-refractivity contribution in [2.24, 2.45) is 0 Å². The normalized spacial score (nSPS) is 12.2. The number of ether oxygens (including phenoxy) is 1. The highest BCUT2D eigenvalue weighted by Gasteiger charge is 2.19. The molecule has 0 unspecified atom stereocenters. The second kappa shape index (κ2) is 4.09. The van der Waals surface area contributed by atoms with E-state index in [9.17, 15) is 9.18 Å². The molecule has 1 N–H and O–H groups in total. The van der Waals surface area contributed by atoms with Gasteiger partial charge in [-0.3, -0.25) is 4.79 Å². The number of esters is 1. The zero-order chi connectivity index (χ0) is 10.7. The average molecular weight is 198 g/mol. The Bertz CT molecular complexity index is 349. The summed E-state index contributed by atoms with van der Waals surface area (Å²) in [5.41, 5.74) is 0.217. The molecule has 0 amide bonds. The van der Waals surface area contributed by atoms with Crippen molar-refractivity contribution < 1.29 is 19.0 Å². The van der Waals surface area contributed by atoms with Crippen LogP contribution < -0.4 is 0 Å². The molecule has 3 nitrogen and oxygen atoms in total. The summed E-state index contributed by atoms with van der Waals surface area (Å²) in [5, 5.41) is 8.96. The van der Waals surface area contributed by atoms with Gasteiger partial charge in [-0.1, -0.05) is 6.07 Å². The maximum absolute atomic E-state index is 13.2. The molecule has 1 aromatic rings. The largest absolute Gasteiger partial charge is 0.508 e. The smallest absolute Gasteiger partial charge is 0.312 e. The number of phenolic OH excluding ortho intramolecular Hbond substituents is 1. The fourth-order valence-electron chi connectivity index (χ4n) is 1.17. The van der Waals surface area contributed by atoms with E-state index in [1.165, 1.54) is 19.2 Å². The van der Waals surface area contributed by atoms with E-state index in [0.717, 1.165) is 6.07 Å². The van der Waals surface area contributed by atoms with Gasteiger partial charge in [0.25, 0.3) is 0 Å². The first kappa shape index (κ1) is 10.5. The third kappa shape index (κ3) is 2.02. The summed E-state index contributed by atoms with van der Waals surface area (Å²) in [6.45, 7) is 1.54. The van der Waals surface area contributed by atoms with Crippen LogP contribution in [-0.2, 0) is 9.53 Å². The Labute approximate surface area is 81.1 Å². The van der Waals surface area contributed by atoms with Crippen molar-refractivity contribution in [2.45, 2.75) is 12.8 Å². The third-order valence-electron chi connectivity index (χ3n) is 2.01. The monoisotopic (exact) mass is 198 g/mol. The number of halogens is 1. The van der Waals surface area contributed by atoms with Crippen LogP contribution in [0.2, 0.25) is 0 Å². The van der Waals surface area contributed by atoms with E-state index in [0.29, 0.717) is 0 Å². The summed E-state index contributed by atoms with van der Waals surface area (Å²) in [6.07, 6.45) is 0. The maximum atomic E-state index is 13.2. The topological polar surface area (TPSA) is 46.5 Å². The number of phenols is 1. The van der Waals surface area contributed by atoms with Gasteiger partial charge in [-0.05, 0) is 13.0 Å². The third-order valence-corrected chi connectivity index (χ3v) is 2.01. The van der Waals surface area contributed by atoms with E-state index in [4.69, 9.17) is 5.11 Å². The zero-order valence-electron chi connectivity index (χ0n) is 7.95. The van der Waals surface area contributed by atoms with Crippen LogP contribution in [0.25, 0.3) is 0 Å². The molecule has 0 spiro atoms. The quantitative estimate of drug-likeness (QED) is 0.737. The van der Waals surface area contributed by atoms with Gasteiger partial charge in [0.15, 0.2) is 0 Å². The molecule has 0 aliphatic carbocycles. The average Bonchev–Trinajstić information content (AvgIpc) is 2.15. The summed E-state index contributed by atoms with van der Waals surface area (Å²) < 4.78 is 17.7. The molecule has 4 heteroatoms. The lowest BCUT2D eigenvalue weighted by Crippen LogP contribution is -2.12. The van der Waals surface area contributed by atoms with Gasteiger partial charge >= 0.3 is 5.97 Å². The number of benzene rings is 1. The van der Waals surface area contributed by atoms with Gasteiger partial charge in [0.05, 0.1) is 13.0 Å². The summed E-state index contributed by atoms with van der Waals surface area (Å²) in [5.74, 6) is -1.94. The summed E-state index contributed by atoms with van der Waals surface area (Å²) in [6, 6.07) is 3.67. The zero-order valence-corrected chi connectivity index (χ0v) is 7.95. The summed E-state index contributed by atoms with van der Waals surface area (Å²) in [4.78, 5) is 11.1. The van der Waals surface area contributed by atoms with Crippen LogP contribution in [0.1, 0.15) is 18.4 Å². The highest BCUT2D eigenvalue weighted by molar-refractivity contribution is 5.77. The molecule has 1 atom stereocenters. The first-order valence-electron chi connectivity index (χ1n) is 4.12. The molecule has 0 saturated heterocycles. The summed E-state index contributed by atoms with van der Waals surface area (Å²) in [7, 11) is 1.25. The van der Waals surface area contributed by atoms with Gasteiger partial charge in [0.1, 0.15) is 11.6 Å². The SMILES string of the molecule is COC(=O)[C@H](C)c1ccc(O)cc1F. The minimum Gasteiger partial charge on any atom is -0.508 e. The number of carbonyl (C=O) groups excluding carboxylic acids is 1. The minimum absolute atomic E-state index is 0.164. The number of methoxy groups -OCH3 is 1. The number of carbonyl (C=O) groups is 1. The standard InChI is InChI=1S/C10H11FO3/c1-6(10(13)14-2)8-4-3-7(12)5-9(8)11/h3-6,12H,1-2H3/t6-/m1/s1. The molecule has 0 saturated carbocycles. The lowest BCUT2D eigenvalue weighted by atomic mass is 10.0. The van der Waals surface area contributed by atoms with Crippen LogP contribution in [0.15, 0.2) is 18.2 Å². The first-order chi connectivity index (χ1) is 6.56. The fourth-order valence-corrected chi connectivity index (χ4v) is 1.17. The van der Waals surface area contributed by atoms with Crippen molar-refractivity contribution >= 4 is 5.97 Å². The van der Waals surface area contributed by atoms with Crippen molar-refractivity contribution in [3.63, 3.8) is 0 Å². The minimum atomic E-state index is -0.666. The van der Waals surface area contributed by atoms with Crippen LogP contribution in [-0.4, -0.2) is 18.2 Å². The molecule has 76 valence electrons. The van der Waals surface area contributed by atoms with Crippen LogP contribution in [0, 0.1) is 5.82 Å². The van der Waals surface area contributed by atoms with Crippen molar-refractivity contribution in [2.75, 3.05) is 7.11 Å². The molecule has 0 radical (unpaired) electrons. The Morgan fingerprint density at radius 2 is 2.21 bits per heavy atom. The van der Waals surface area contributed by atoms with E-state index in [1.807, 2.05) is 0 Å². The first-order valence-corrected chi connectivity index (χ1v) is 4.12. The highest BCUT2D eigenvalue weighted by atomic mass is 19.1. The van der Waals surface area contributed by atoms with E-state index in [1.54, 1.807) is 6.92 Å². The second-order valence-corrected chi connectivity index (χ2v) is 2.95. The Hall–Kier alpha value is -1.58. The van der Waals surface area contributed by atoms with Gasteiger partial charge in [-0.15, -0.1) is 0 Å².